The fourth-order valence-electron chi connectivity index (χ4n) is 1.10. The molecule has 0 saturated carbocycles. The minimum atomic E-state index is -0.555. The van der Waals surface area contributed by atoms with Crippen LogP contribution in [0.2, 0.25) is 0 Å². The molecule has 16 heavy (non-hydrogen) atoms. The van der Waals surface area contributed by atoms with Crippen LogP contribution in [0.4, 0.5) is 4.79 Å². The summed E-state index contributed by atoms with van der Waals surface area (Å²) in [5, 5.41) is 0. The van der Waals surface area contributed by atoms with Crippen molar-refractivity contribution in [2.45, 2.75) is 30.6 Å². The highest BCUT2D eigenvalue weighted by atomic mass is 127. The van der Waals surface area contributed by atoms with E-state index in [1.807, 2.05) is 22.6 Å². The predicted octanol–water partition coefficient (Wildman–Crippen LogP) is 2.76. The number of imide groups is 1. The van der Waals surface area contributed by atoms with Crippen molar-refractivity contribution >= 4 is 34.6 Å². The van der Waals surface area contributed by atoms with Crippen molar-refractivity contribution in [1.29, 1.82) is 0 Å². The first-order valence-electron chi connectivity index (χ1n) is 5.27. The normalized spacial score (nSPS) is 11.7. The van der Waals surface area contributed by atoms with Crippen molar-refractivity contribution in [2.24, 2.45) is 0 Å². The summed E-state index contributed by atoms with van der Waals surface area (Å²) in [7, 11) is 0. The van der Waals surface area contributed by atoms with E-state index in [9.17, 15) is 9.59 Å². The number of nitrogens with zero attached hydrogens (tertiary/aromatic N) is 1. The molecule has 0 aromatic rings. The number of carbonyl (C=O) groups is 2. The molecule has 5 heteroatoms. The highest BCUT2D eigenvalue weighted by molar-refractivity contribution is 14.1. The summed E-state index contributed by atoms with van der Waals surface area (Å²) < 4.78 is 4.61. The molecule has 0 aromatic carbocycles. The third-order valence-electron chi connectivity index (χ3n) is 1.88. The Bertz CT molecular complexity index is 254. The monoisotopic (exact) mass is 339 g/mol. The number of halogens is 1. The first kappa shape index (κ1) is 15.4. The van der Waals surface area contributed by atoms with Crippen LogP contribution >= 0.6 is 22.6 Å². The molecule has 0 saturated heterocycles. The molecular formula is C11H18INO3. The topological polar surface area (TPSA) is 46.6 Å². The van der Waals surface area contributed by atoms with Crippen molar-refractivity contribution in [1.82, 2.24) is 4.90 Å². The minimum absolute atomic E-state index is 0.205. The summed E-state index contributed by atoms with van der Waals surface area (Å²) in [5.41, 5.74) is 0. The highest BCUT2D eigenvalue weighted by Gasteiger charge is 2.24. The quantitative estimate of drug-likeness (QED) is 0.324. The van der Waals surface area contributed by atoms with Crippen LogP contribution < -0.4 is 0 Å². The molecule has 0 bridgehead atoms. The molecule has 0 rings (SSSR count). The van der Waals surface area contributed by atoms with Crippen LogP contribution in [0, 0.1) is 0 Å². The van der Waals surface area contributed by atoms with Gasteiger partial charge >= 0.3 is 6.09 Å². The van der Waals surface area contributed by atoms with E-state index in [-0.39, 0.29) is 16.4 Å². The third kappa shape index (κ3) is 5.48. The minimum Gasteiger partial charge on any atom is -0.449 e. The Hall–Kier alpha value is -0.590. The number of allylic oxidation sites excluding steroid dienone is 1. The smallest absolute Gasteiger partial charge is 0.416 e. The number of hydrogen-bond donors (Lipinski definition) is 0. The molecule has 0 spiro atoms. The van der Waals surface area contributed by atoms with Crippen LogP contribution in [0.3, 0.4) is 0 Å². The van der Waals surface area contributed by atoms with E-state index in [2.05, 4.69) is 6.58 Å². The second kappa shape index (κ2) is 8.55. The Kier molecular flexibility index (Phi) is 8.23. The molecule has 0 heterocycles. The molecule has 0 aliphatic carbocycles. The van der Waals surface area contributed by atoms with Gasteiger partial charge in [-0.15, -0.1) is 6.58 Å². The van der Waals surface area contributed by atoms with E-state index in [0.29, 0.717) is 6.54 Å². The van der Waals surface area contributed by atoms with Crippen LogP contribution in [-0.4, -0.2) is 34.0 Å². The van der Waals surface area contributed by atoms with Gasteiger partial charge in [-0.3, -0.25) is 4.79 Å². The van der Waals surface area contributed by atoms with Crippen molar-refractivity contribution in [3.8, 4) is 0 Å². The first-order chi connectivity index (χ1) is 7.54. The highest BCUT2D eigenvalue weighted by Crippen LogP contribution is 2.08. The summed E-state index contributed by atoms with van der Waals surface area (Å²) in [6.07, 6.45) is 2.71. The van der Waals surface area contributed by atoms with Gasteiger partial charge in [0.25, 0.3) is 0 Å². The second-order valence-electron chi connectivity index (χ2n) is 3.24. The van der Waals surface area contributed by atoms with E-state index in [0.717, 1.165) is 12.8 Å². The lowest BCUT2D eigenvalue weighted by molar-refractivity contribution is -0.128. The maximum absolute atomic E-state index is 11.7. The lowest BCUT2D eigenvalue weighted by atomic mass is 10.3. The fraction of sp³-hybridized carbons (Fsp3) is 0.636. The predicted molar refractivity (Wildman–Crippen MR) is 71.6 cm³/mol. The number of unbranched alkanes of at least 4 members (excludes halogenated alkanes) is 1. The second-order valence-corrected chi connectivity index (χ2v) is 5.10. The van der Waals surface area contributed by atoms with Gasteiger partial charge in [-0.2, -0.15) is 0 Å². The van der Waals surface area contributed by atoms with Gasteiger partial charge in [0.05, 0.1) is 10.5 Å². The van der Waals surface area contributed by atoms with Crippen LogP contribution in [0.15, 0.2) is 12.7 Å². The molecule has 1 unspecified atom stereocenters. The molecule has 1 atom stereocenters. The zero-order valence-corrected chi connectivity index (χ0v) is 11.9. The lowest BCUT2D eigenvalue weighted by Crippen LogP contribution is -2.41. The Morgan fingerprint density at radius 1 is 1.56 bits per heavy atom. The zero-order chi connectivity index (χ0) is 12.6. The maximum Gasteiger partial charge on any atom is 0.416 e. The molecule has 0 aromatic heterocycles. The van der Waals surface area contributed by atoms with Crippen LogP contribution in [0.25, 0.3) is 0 Å². The summed E-state index contributed by atoms with van der Waals surface area (Å²) in [4.78, 5) is 24.5. The standard InChI is InChI=1S/C11H18INO3/c1-4-6-7-8-13(10(14)9(3)12)11(15)16-5-2/h4,9H,1,5-8H2,2-3H3. The zero-order valence-electron chi connectivity index (χ0n) is 9.74. The molecule has 0 fully saturated rings. The van der Waals surface area contributed by atoms with E-state index in [1.54, 1.807) is 19.9 Å². The summed E-state index contributed by atoms with van der Waals surface area (Å²) in [6, 6.07) is 0. The Morgan fingerprint density at radius 3 is 2.62 bits per heavy atom. The SMILES string of the molecule is C=CCCCN(C(=O)OCC)C(=O)C(C)I. The Morgan fingerprint density at radius 2 is 2.19 bits per heavy atom. The lowest BCUT2D eigenvalue weighted by Gasteiger charge is -2.20. The van der Waals surface area contributed by atoms with Gasteiger partial charge in [-0.1, -0.05) is 28.7 Å². The Balaban J connectivity index is 4.43. The van der Waals surface area contributed by atoms with E-state index < -0.39 is 6.09 Å². The van der Waals surface area contributed by atoms with Gasteiger partial charge in [0.2, 0.25) is 5.91 Å². The fourth-order valence-corrected chi connectivity index (χ4v) is 1.44. The van der Waals surface area contributed by atoms with Gasteiger partial charge < -0.3 is 4.74 Å². The average Bonchev–Trinajstić information content (AvgIpc) is 2.23. The number of carbonyl (C=O) groups excluding carboxylic acids is 2. The molecule has 0 aliphatic rings. The van der Waals surface area contributed by atoms with Crippen LogP contribution in [0.1, 0.15) is 26.7 Å². The van der Waals surface area contributed by atoms with E-state index in [1.165, 1.54) is 4.90 Å². The first-order valence-corrected chi connectivity index (χ1v) is 6.52. The number of rotatable bonds is 6. The molecule has 0 N–H and O–H groups in total. The molecule has 0 aliphatic heterocycles. The van der Waals surface area contributed by atoms with Crippen LogP contribution in [0.5, 0.6) is 0 Å². The number of alkyl halides is 1. The number of hydrogen-bond acceptors (Lipinski definition) is 3. The van der Waals surface area contributed by atoms with Gasteiger partial charge in [-0.05, 0) is 26.7 Å². The third-order valence-corrected chi connectivity index (χ3v) is 2.42. The number of ether oxygens (including phenoxy) is 1. The maximum atomic E-state index is 11.7. The van der Waals surface area contributed by atoms with Crippen LogP contribution in [-0.2, 0) is 9.53 Å². The summed E-state index contributed by atoms with van der Waals surface area (Å²) in [5.74, 6) is -0.205. The summed E-state index contributed by atoms with van der Waals surface area (Å²) >= 11 is 1.99. The van der Waals surface area contributed by atoms with Crippen molar-refractivity contribution in [2.75, 3.05) is 13.2 Å². The molecule has 0 radical (unpaired) electrons. The van der Waals surface area contributed by atoms with Gasteiger partial charge in [0, 0.05) is 6.54 Å². The largest absolute Gasteiger partial charge is 0.449 e. The molecule has 2 amide bonds. The Labute approximate surface area is 110 Å². The summed E-state index contributed by atoms with van der Waals surface area (Å²) in [6.45, 7) is 7.73. The molecular weight excluding hydrogens is 321 g/mol. The van der Waals surface area contributed by atoms with Gasteiger partial charge in [0.15, 0.2) is 0 Å². The van der Waals surface area contributed by atoms with E-state index >= 15 is 0 Å². The van der Waals surface area contributed by atoms with Gasteiger partial charge in [-0.25, -0.2) is 9.69 Å². The molecule has 4 nitrogen and oxygen atoms in total. The average molecular weight is 339 g/mol. The van der Waals surface area contributed by atoms with Crippen molar-refractivity contribution < 1.29 is 14.3 Å². The van der Waals surface area contributed by atoms with Crippen molar-refractivity contribution in [3.05, 3.63) is 12.7 Å². The van der Waals surface area contributed by atoms with Gasteiger partial charge in [0.1, 0.15) is 0 Å². The van der Waals surface area contributed by atoms with E-state index in [4.69, 9.17) is 4.74 Å². The number of amides is 2. The molecule has 92 valence electrons. The van der Waals surface area contributed by atoms with Crippen molar-refractivity contribution in [3.63, 3.8) is 0 Å².